The van der Waals surface area contributed by atoms with Gasteiger partial charge in [-0.1, -0.05) is 30.3 Å². The van der Waals surface area contributed by atoms with E-state index < -0.39 is 0 Å². The summed E-state index contributed by atoms with van der Waals surface area (Å²) in [6.07, 6.45) is -0.305. The minimum atomic E-state index is -0.305. The van der Waals surface area contributed by atoms with Crippen molar-refractivity contribution in [2.24, 2.45) is 0 Å². The summed E-state index contributed by atoms with van der Waals surface area (Å²) >= 11 is 0. The third-order valence-electron chi connectivity index (χ3n) is 3.19. The molecule has 2 nitrogen and oxygen atoms in total. The van der Waals surface area contributed by atoms with Crippen LogP contribution >= 0.6 is 0 Å². The standard InChI is InChI=1S/C15H14FNO/c1-10-15(11-6-2-3-7-12(11)16)18-14-9-5-4-8-13(14)17-10/h2-10,15,17H,1H3. The van der Waals surface area contributed by atoms with Crippen molar-refractivity contribution in [2.75, 3.05) is 5.32 Å². The second-order valence-corrected chi connectivity index (χ2v) is 4.49. The quantitative estimate of drug-likeness (QED) is 0.823. The molecule has 0 bridgehead atoms. The van der Waals surface area contributed by atoms with E-state index >= 15 is 0 Å². The lowest BCUT2D eigenvalue weighted by Crippen LogP contribution is -2.33. The number of ether oxygens (including phenoxy) is 1. The lowest BCUT2D eigenvalue weighted by atomic mass is 10.0. The van der Waals surface area contributed by atoms with Gasteiger partial charge in [0.05, 0.1) is 11.7 Å². The highest BCUT2D eigenvalue weighted by atomic mass is 19.1. The van der Waals surface area contributed by atoms with Gasteiger partial charge in [0, 0.05) is 5.56 Å². The number of halogens is 1. The van der Waals surface area contributed by atoms with Crippen LogP contribution in [0.5, 0.6) is 5.75 Å². The predicted octanol–water partition coefficient (Wildman–Crippen LogP) is 3.76. The summed E-state index contributed by atoms with van der Waals surface area (Å²) < 4.78 is 19.7. The number of hydrogen-bond acceptors (Lipinski definition) is 2. The summed E-state index contributed by atoms with van der Waals surface area (Å²) in [5.41, 5.74) is 1.55. The second kappa shape index (κ2) is 4.33. The highest BCUT2D eigenvalue weighted by molar-refractivity contribution is 5.59. The fraction of sp³-hybridized carbons (Fsp3) is 0.200. The molecule has 1 N–H and O–H groups in total. The Balaban J connectivity index is 1.99. The Morgan fingerprint density at radius 2 is 1.78 bits per heavy atom. The van der Waals surface area contributed by atoms with Crippen molar-refractivity contribution in [1.82, 2.24) is 0 Å². The number of hydrogen-bond donors (Lipinski definition) is 1. The zero-order valence-electron chi connectivity index (χ0n) is 10.1. The van der Waals surface area contributed by atoms with Crippen LogP contribution < -0.4 is 10.1 Å². The Bertz CT molecular complexity index is 570. The molecule has 0 radical (unpaired) electrons. The van der Waals surface area contributed by atoms with E-state index in [4.69, 9.17) is 4.74 Å². The lowest BCUT2D eigenvalue weighted by Gasteiger charge is -2.33. The minimum Gasteiger partial charge on any atom is -0.481 e. The largest absolute Gasteiger partial charge is 0.481 e. The third-order valence-corrected chi connectivity index (χ3v) is 3.19. The highest BCUT2D eigenvalue weighted by Crippen LogP contribution is 2.37. The molecule has 0 saturated carbocycles. The molecule has 1 aliphatic rings. The van der Waals surface area contributed by atoms with Crippen LogP contribution in [-0.4, -0.2) is 6.04 Å². The van der Waals surface area contributed by atoms with Gasteiger partial charge in [0.1, 0.15) is 17.7 Å². The molecule has 0 spiro atoms. The molecule has 1 aliphatic heterocycles. The number of anilines is 1. The van der Waals surface area contributed by atoms with E-state index in [1.54, 1.807) is 12.1 Å². The molecule has 2 atom stereocenters. The zero-order chi connectivity index (χ0) is 12.5. The van der Waals surface area contributed by atoms with Crippen molar-refractivity contribution in [1.29, 1.82) is 0 Å². The molecule has 2 aromatic rings. The maximum atomic E-state index is 13.8. The van der Waals surface area contributed by atoms with Gasteiger partial charge >= 0.3 is 0 Å². The fourth-order valence-electron chi connectivity index (χ4n) is 2.29. The van der Waals surface area contributed by atoms with Gasteiger partial charge in [-0.15, -0.1) is 0 Å². The van der Waals surface area contributed by atoms with Crippen LogP contribution in [0.2, 0.25) is 0 Å². The van der Waals surface area contributed by atoms with Crippen molar-refractivity contribution in [3.05, 3.63) is 59.9 Å². The van der Waals surface area contributed by atoms with Crippen LogP contribution in [-0.2, 0) is 0 Å². The van der Waals surface area contributed by atoms with E-state index in [1.165, 1.54) is 6.07 Å². The van der Waals surface area contributed by atoms with E-state index in [2.05, 4.69) is 5.32 Å². The van der Waals surface area contributed by atoms with Crippen LogP contribution in [0.1, 0.15) is 18.6 Å². The third kappa shape index (κ3) is 1.82. The van der Waals surface area contributed by atoms with Gasteiger partial charge in [-0.05, 0) is 25.1 Å². The first-order valence-corrected chi connectivity index (χ1v) is 6.02. The first kappa shape index (κ1) is 11.1. The summed E-state index contributed by atoms with van der Waals surface area (Å²) in [7, 11) is 0. The molecule has 92 valence electrons. The lowest BCUT2D eigenvalue weighted by molar-refractivity contribution is 0.173. The molecule has 0 aromatic heterocycles. The molecule has 0 aliphatic carbocycles. The number of rotatable bonds is 1. The van der Waals surface area contributed by atoms with Crippen LogP contribution in [0, 0.1) is 5.82 Å². The topological polar surface area (TPSA) is 21.3 Å². The van der Waals surface area contributed by atoms with Crippen molar-refractivity contribution in [2.45, 2.75) is 19.1 Å². The van der Waals surface area contributed by atoms with Crippen molar-refractivity contribution >= 4 is 5.69 Å². The Kier molecular flexibility index (Phi) is 2.67. The molecule has 1 heterocycles. The average Bonchev–Trinajstić information content (AvgIpc) is 2.39. The van der Waals surface area contributed by atoms with Crippen LogP contribution in [0.4, 0.5) is 10.1 Å². The molecule has 0 saturated heterocycles. The van der Waals surface area contributed by atoms with E-state index in [-0.39, 0.29) is 18.0 Å². The molecular formula is C15H14FNO. The smallest absolute Gasteiger partial charge is 0.146 e. The van der Waals surface area contributed by atoms with Crippen molar-refractivity contribution < 1.29 is 9.13 Å². The Labute approximate surface area is 105 Å². The Morgan fingerprint density at radius 1 is 1.06 bits per heavy atom. The van der Waals surface area contributed by atoms with Gasteiger partial charge in [-0.2, -0.15) is 0 Å². The number of benzene rings is 2. The van der Waals surface area contributed by atoms with E-state index in [1.807, 2.05) is 37.3 Å². The zero-order valence-corrected chi connectivity index (χ0v) is 10.1. The molecule has 0 fully saturated rings. The van der Waals surface area contributed by atoms with Crippen LogP contribution in [0.15, 0.2) is 48.5 Å². The number of nitrogens with one attached hydrogen (secondary N) is 1. The summed E-state index contributed by atoms with van der Waals surface area (Å²) in [6.45, 7) is 1.99. The fourth-order valence-corrected chi connectivity index (χ4v) is 2.29. The summed E-state index contributed by atoms with van der Waals surface area (Å²) in [5.74, 6) is 0.541. The van der Waals surface area contributed by atoms with Crippen LogP contribution in [0.25, 0.3) is 0 Å². The number of fused-ring (bicyclic) bond motifs is 1. The summed E-state index contributed by atoms with van der Waals surface area (Å²) in [5, 5.41) is 3.34. The van der Waals surface area contributed by atoms with Gasteiger partial charge < -0.3 is 10.1 Å². The SMILES string of the molecule is CC1Nc2ccccc2OC1c1ccccc1F. The van der Waals surface area contributed by atoms with Gasteiger partial charge in [-0.25, -0.2) is 4.39 Å². The second-order valence-electron chi connectivity index (χ2n) is 4.49. The van der Waals surface area contributed by atoms with Crippen LogP contribution in [0.3, 0.4) is 0 Å². The van der Waals surface area contributed by atoms with Gasteiger partial charge in [0.2, 0.25) is 0 Å². The molecule has 18 heavy (non-hydrogen) atoms. The first-order valence-electron chi connectivity index (χ1n) is 6.02. The van der Waals surface area contributed by atoms with E-state index in [0.717, 1.165) is 11.4 Å². The molecule has 2 aromatic carbocycles. The summed E-state index contributed by atoms with van der Waals surface area (Å²) in [4.78, 5) is 0. The molecule has 0 amide bonds. The van der Waals surface area contributed by atoms with E-state index in [9.17, 15) is 4.39 Å². The molecule has 3 rings (SSSR count). The maximum Gasteiger partial charge on any atom is 0.146 e. The number of para-hydroxylation sites is 2. The molecule has 3 heteroatoms. The van der Waals surface area contributed by atoms with Crippen molar-refractivity contribution in [3.63, 3.8) is 0 Å². The molecular weight excluding hydrogens is 229 g/mol. The highest BCUT2D eigenvalue weighted by Gasteiger charge is 2.29. The van der Waals surface area contributed by atoms with E-state index in [0.29, 0.717) is 5.56 Å². The Hall–Kier alpha value is -2.03. The predicted molar refractivity (Wildman–Crippen MR) is 69.3 cm³/mol. The van der Waals surface area contributed by atoms with Crippen molar-refractivity contribution in [3.8, 4) is 5.75 Å². The monoisotopic (exact) mass is 243 g/mol. The van der Waals surface area contributed by atoms with Gasteiger partial charge in [0.25, 0.3) is 0 Å². The maximum absolute atomic E-state index is 13.8. The normalized spacial score (nSPS) is 21.7. The molecule has 2 unspecified atom stereocenters. The minimum absolute atomic E-state index is 0.0248. The summed E-state index contributed by atoms with van der Waals surface area (Å²) in [6, 6.07) is 14.5. The van der Waals surface area contributed by atoms with Gasteiger partial charge in [0.15, 0.2) is 0 Å². The van der Waals surface area contributed by atoms with Gasteiger partial charge in [-0.3, -0.25) is 0 Å². The first-order chi connectivity index (χ1) is 8.75. The average molecular weight is 243 g/mol. The Morgan fingerprint density at radius 3 is 2.61 bits per heavy atom.